The molecule has 5 rings (SSSR count). The van der Waals surface area contributed by atoms with E-state index in [0.717, 1.165) is 73.4 Å². The number of benzene rings is 1. The highest BCUT2D eigenvalue weighted by atomic mass is 16.5. The van der Waals surface area contributed by atoms with Crippen molar-refractivity contribution in [3.8, 4) is 16.8 Å². The van der Waals surface area contributed by atoms with E-state index >= 15 is 0 Å². The zero-order chi connectivity index (χ0) is 25.1. The number of amides is 1. The SMILES string of the molecule is COCC(C)N1CCC(Nc2cncc(-n3cc(-c4cc(C(=O)NC5CC5)ccc4C)cn3)c2)CC1. The number of carbonyl (C=O) groups is 1. The molecular formula is C28H36N6O2. The molecule has 1 aliphatic carbocycles. The summed E-state index contributed by atoms with van der Waals surface area (Å²) in [6.45, 7) is 7.18. The number of hydrogen-bond donors (Lipinski definition) is 2. The molecule has 36 heavy (non-hydrogen) atoms. The highest BCUT2D eigenvalue weighted by Crippen LogP contribution is 2.27. The van der Waals surface area contributed by atoms with Crippen molar-refractivity contribution in [2.24, 2.45) is 0 Å². The van der Waals surface area contributed by atoms with Crippen molar-refractivity contribution < 1.29 is 9.53 Å². The topological polar surface area (TPSA) is 84.3 Å². The second-order valence-corrected chi connectivity index (χ2v) is 10.1. The zero-order valence-corrected chi connectivity index (χ0v) is 21.4. The van der Waals surface area contributed by atoms with Crippen LogP contribution >= 0.6 is 0 Å². The highest BCUT2D eigenvalue weighted by Gasteiger charge is 2.24. The molecule has 1 aliphatic heterocycles. The summed E-state index contributed by atoms with van der Waals surface area (Å²) in [6.07, 6.45) is 11.9. The fourth-order valence-electron chi connectivity index (χ4n) is 4.87. The number of rotatable bonds is 9. The number of ether oxygens (including phenoxy) is 1. The van der Waals surface area contributed by atoms with Crippen molar-refractivity contribution in [2.75, 3.05) is 32.1 Å². The van der Waals surface area contributed by atoms with Gasteiger partial charge in [0.1, 0.15) is 0 Å². The first-order chi connectivity index (χ1) is 17.5. The number of aryl methyl sites for hydroxylation is 1. The first-order valence-corrected chi connectivity index (χ1v) is 12.9. The molecule has 2 N–H and O–H groups in total. The third-order valence-electron chi connectivity index (χ3n) is 7.23. The molecule has 8 nitrogen and oxygen atoms in total. The maximum Gasteiger partial charge on any atom is 0.251 e. The molecule has 2 aliphatic rings. The normalized spacial score (nSPS) is 17.6. The molecule has 1 atom stereocenters. The molecule has 0 spiro atoms. The summed E-state index contributed by atoms with van der Waals surface area (Å²) in [4.78, 5) is 19.5. The Kier molecular flexibility index (Phi) is 7.34. The summed E-state index contributed by atoms with van der Waals surface area (Å²) in [7, 11) is 1.76. The van der Waals surface area contributed by atoms with E-state index in [-0.39, 0.29) is 5.91 Å². The fourth-order valence-corrected chi connectivity index (χ4v) is 4.87. The summed E-state index contributed by atoms with van der Waals surface area (Å²) >= 11 is 0. The lowest BCUT2D eigenvalue weighted by Gasteiger charge is -2.36. The van der Waals surface area contributed by atoms with Crippen LogP contribution in [0.15, 0.2) is 49.1 Å². The van der Waals surface area contributed by atoms with Gasteiger partial charge >= 0.3 is 0 Å². The minimum absolute atomic E-state index is 0.00638. The Bertz CT molecular complexity index is 1200. The average molecular weight is 489 g/mol. The van der Waals surface area contributed by atoms with Gasteiger partial charge in [-0.1, -0.05) is 6.07 Å². The van der Waals surface area contributed by atoms with Crippen LogP contribution in [0.3, 0.4) is 0 Å². The third-order valence-corrected chi connectivity index (χ3v) is 7.23. The third kappa shape index (κ3) is 5.77. The Balaban J connectivity index is 1.26. The number of anilines is 1. The van der Waals surface area contributed by atoms with E-state index in [9.17, 15) is 4.79 Å². The van der Waals surface area contributed by atoms with Crippen molar-refractivity contribution in [1.82, 2.24) is 25.0 Å². The van der Waals surface area contributed by atoms with Crippen molar-refractivity contribution in [1.29, 1.82) is 0 Å². The molecular weight excluding hydrogens is 452 g/mol. The van der Waals surface area contributed by atoms with Crippen LogP contribution in [0.25, 0.3) is 16.8 Å². The van der Waals surface area contributed by atoms with E-state index in [1.807, 2.05) is 47.7 Å². The molecule has 1 saturated heterocycles. The molecule has 2 aromatic heterocycles. The van der Waals surface area contributed by atoms with E-state index in [4.69, 9.17) is 4.74 Å². The molecule has 3 heterocycles. The van der Waals surface area contributed by atoms with E-state index in [1.165, 1.54) is 0 Å². The maximum absolute atomic E-state index is 12.5. The van der Waals surface area contributed by atoms with Gasteiger partial charge in [0.25, 0.3) is 5.91 Å². The smallest absolute Gasteiger partial charge is 0.251 e. The Labute approximate surface area is 213 Å². The van der Waals surface area contributed by atoms with Gasteiger partial charge in [-0.3, -0.25) is 14.7 Å². The molecule has 190 valence electrons. The van der Waals surface area contributed by atoms with Gasteiger partial charge in [-0.15, -0.1) is 0 Å². The Morgan fingerprint density at radius 3 is 2.67 bits per heavy atom. The molecule has 2 fully saturated rings. The van der Waals surface area contributed by atoms with Crippen LogP contribution in [0.5, 0.6) is 0 Å². The average Bonchev–Trinajstić information content (AvgIpc) is 3.56. The lowest BCUT2D eigenvalue weighted by molar-refractivity contribution is 0.0840. The van der Waals surface area contributed by atoms with Crippen molar-refractivity contribution in [2.45, 2.75) is 57.7 Å². The first-order valence-electron chi connectivity index (χ1n) is 12.9. The zero-order valence-electron chi connectivity index (χ0n) is 21.4. The second kappa shape index (κ2) is 10.8. The van der Waals surface area contributed by atoms with E-state index in [0.29, 0.717) is 23.7 Å². The van der Waals surface area contributed by atoms with Gasteiger partial charge in [-0.05, 0) is 68.9 Å². The largest absolute Gasteiger partial charge is 0.383 e. The van der Waals surface area contributed by atoms with E-state index < -0.39 is 0 Å². The highest BCUT2D eigenvalue weighted by molar-refractivity contribution is 5.96. The summed E-state index contributed by atoms with van der Waals surface area (Å²) in [5.74, 6) is -0.00638. The number of piperidine rings is 1. The number of carbonyl (C=O) groups excluding carboxylic acids is 1. The minimum Gasteiger partial charge on any atom is -0.383 e. The number of nitrogens with one attached hydrogen (secondary N) is 2. The molecule has 1 amide bonds. The summed E-state index contributed by atoms with van der Waals surface area (Å²) < 4.78 is 7.16. The standard InChI is InChI=1S/C28H36N6O2/c1-19-4-5-21(28(35)32-23-6-7-23)12-27(19)22-14-30-34(17-22)26-13-25(15-29-16-26)31-24-8-10-33(11-9-24)20(2)18-36-3/h4-5,12-17,20,23-24,31H,6-11,18H2,1-3H3,(H,32,35). The van der Waals surface area contributed by atoms with Crippen LogP contribution in [0.1, 0.15) is 48.5 Å². The van der Waals surface area contributed by atoms with Crippen LogP contribution in [0.4, 0.5) is 5.69 Å². The van der Waals surface area contributed by atoms with Gasteiger partial charge in [0.15, 0.2) is 0 Å². The summed E-state index contributed by atoms with van der Waals surface area (Å²) in [5, 5.41) is 11.3. The lowest BCUT2D eigenvalue weighted by atomic mass is 10.0. The van der Waals surface area contributed by atoms with Gasteiger partial charge in [0.2, 0.25) is 0 Å². The minimum atomic E-state index is -0.00638. The van der Waals surface area contributed by atoms with Crippen LogP contribution in [0, 0.1) is 6.92 Å². The van der Waals surface area contributed by atoms with Crippen molar-refractivity contribution in [3.05, 3.63) is 60.2 Å². The van der Waals surface area contributed by atoms with Gasteiger partial charge in [-0.2, -0.15) is 5.10 Å². The summed E-state index contributed by atoms with van der Waals surface area (Å²) in [5.41, 5.74) is 5.69. The fraction of sp³-hybridized carbons (Fsp3) is 0.464. The Morgan fingerprint density at radius 1 is 1.11 bits per heavy atom. The number of hydrogen-bond acceptors (Lipinski definition) is 6. The molecule has 1 saturated carbocycles. The molecule has 1 unspecified atom stereocenters. The molecule has 1 aromatic carbocycles. The predicted octanol–water partition coefficient (Wildman–Crippen LogP) is 4.05. The quantitative estimate of drug-likeness (QED) is 0.473. The number of methoxy groups -OCH3 is 1. The molecule has 3 aromatic rings. The van der Waals surface area contributed by atoms with Crippen LogP contribution < -0.4 is 10.6 Å². The maximum atomic E-state index is 12.5. The van der Waals surface area contributed by atoms with Crippen LogP contribution in [-0.2, 0) is 4.74 Å². The summed E-state index contributed by atoms with van der Waals surface area (Å²) in [6, 6.07) is 9.16. The number of pyridine rings is 1. The van der Waals surface area contributed by atoms with Crippen LogP contribution in [-0.4, -0.2) is 70.5 Å². The Hall–Kier alpha value is -3.23. The first kappa shape index (κ1) is 24.5. The molecule has 8 heteroatoms. The Morgan fingerprint density at radius 2 is 1.92 bits per heavy atom. The van der Waals surface area contributed by atoms with Gasteiger partial charge in [0, 0.05) is 55.6 Å². The predicted molar refractivity (Wildman–Crippen MR) is 142 cm³/mol. The molecule has 0 bridgehead atoms. The number of likely N-dealkylation sites (tertiary alicyclic amines) is 1. The lowest BCUT2D eigenvalue weighted by Crippen LogP contribution is -2.45. The van der Waals surface area contributed by atoms with Crippen molar-refractivity contribution >= 4 is 11.6 Å². The van der Waals surface area contributed by atoms with Gasteiger partial charge < -0.3 is 15.4 Å². The monoisotopic (exact) mass is 488 g/mol. The van der Waals surface area contributed by atoms with Crippen LogP contribution in [0.2, 0.25) is 0 Å². The second-order valence-electron chi connectivity index (χ2n) is 10.1. The van der Waals surface area contributed by atoms with Gasteiger partial charge in [-0.25, -0.2) is 4.68 Å². The van der Waals surface area contributed by atoms with Gasteiger partial charge in [0.05, 0.1) is 36.6 Å². The van der Waals surface area contributed by atoms with E-state index in [1.54, 1.807) is 7.11 Å². The number of nitrogens with zero attached hydrogens (tertiary/aromatic N) is 4. The molecule has 0 radical (unpaired) electrons. The van der Waals surface area contributed by atoms with Crippen molar-refractivity contribution in [3.63, 3.8) is 0 Å². The number of aromatic nitrogens is 3. The van der Waals surface area contributed by atoms with E-state index in [2.05, 4.69) is 45.5 Å².